The molecule has 2 N–H and O–H groups in total. The van der Waals surface area contributed by atoms with Crippen LogP contribution in [0.1, 0.15) is 15.9 Å². The highest BCUT2D eigenvalue weighted by molar-refractivity contribution is 9.09. The molecule has 0 radical (unpaired) electrons. The first-order valence-corrected chi connectivity index (χ1v) is 6.92. The van der Waals surface area contributed by atoms with Gasteiger partial charge in [0.1, 0.15) is 5.75 Å². The molecule has 5 heteroatoms. The summed E-state index contributed by atoms with van der Waals surface area (Å²) in [6.45, 7) is 0. The standard InChI is InChI=1S/C14H13BrN2O2/c15-7-5-10-1-3-11(4-2-10)17-14(19)12-6-8-16-9-13(12)18/h1-4,6,8-9,18H,5,7H2,(H,17,19). The lowest BCUT2D eigenvalue weighted by molar-refractivity contribution is 0.102. The van der Waals surface area contributed by atoms with E-state index in [1.54, 1.807) is 0 Å². The van der Waals surface area contributed by atoms with Crippen molar-refractivity contribution in [2.24, 2.45) is 0 Å². The van der Waals surface area contributed by atoms with E-state index < -0.39 is 0 Å². The summed E-state index contributed by atoms with van der Waals surface area (Å²) in [7, 11) is 0. The second-order valence-corrected chi connectivity index (χ2v) is 4.78. The molecule has 0 aliphatic rings. The van der Waals surface area contributed by atoms with Crippen molar-refractivity contribution in [1.29, 1.82) is 0 Å². The van der Waals surface area contributed by atoms with E-state index >= 15 is 0 Å². The summed E-state index contributed by atoms with van der Waals surface area (Å²) < 4.78 is 0. The number of pyridine rings is 1. The molecule has 19 heavy (non-hydrogen) atoms. The lowest BCUT2D eigenvalue weighted by Gasteiger charge is -2.07. The van der Waals surface area contributed by atoms with E-state index in [1.807, 2.05) is 24.3 Å². The van der Waals surface area contributed by atoms with Gasteiger partial charge in [0, 0.05) is 17.2 Å². The Bertz CT molecular complexity index is 570. The largest absolute Gasteiger partial charge is 0.505 e. The molecule has 1 amide bonds. The van der Waals surface area contributed by atoms with Crippen LogP contribution in [0, 0.1) is 0 Å². The van der Waals surface area contributed by atoms with Gasteiger partial charge >= 0.3 is 0 Å². The molecule has 0 unspecified atom stereocenters. The molecule has 0 bridgehead atoms. The Kier molecular flexibility index (Phi) is 4.52. The Hall–Kier alpha value is -1.88. The number of aryl methyl sites for hydroxylation is 1. The van der Waals surface area contributed by atoms with Gasteiger partial charge in [-0.1, -0.05) is 28.1 Å². The van der Waals surface area contributed by atoms with Gasteiger partial charge in [-0.15, -0.1) is 0 Å². The number of alkyl halides is 1. The van der Waals surface area contributed by atoms with Crippen LogP contribution >= 0.6 is 15.9 Å². The molecule has 1 aromatic heterocycles. The van der Waals surface area contributed by atoms with Crippen LogP contribution in [0.15, 0.2) is 42.7 Å². The maximum Gasteiger partial charge on any atom is 0.259 e. The number of anilines is 1. The normalized spacial score (nSPS) is 10.2. The van der Waals surface area contributed by atoms with Gasteiger partial charge in [0.25, 0.3) is 5.91 Å². The number of nitrogens with zero attached hydrogens (tertiary/aromatic N) is 1. The van der Waals surface area contributed by atoms with E-state index in [2.05, 4.69) is 26.2 Å². The summed E-state index contributed by atoms with van der Waals surface area (Å²) >= 11 is 3.38. The van der Waals surface area contributed by atoms with Crippen molar-refractivity contribution in [1.82, 2.24) is 4.98 Å². The molecule has 1 aromatic carbocycles. The Labute approximate surface area is 119 Å². The predicted octanol–water partition coefficient (Wildman–Crippen LogP) is 2.98. The van der Waals surface area contributed by atoms with Gasteiger partial charge in [0.2, 0.25) is 0 Å². The van der Waals surface area contributed by atoms with Crippen molar-refractivity contribution in [2.45, 2.75) is 6.42 Å². The molecule has 4 nitrogen and oxygen atoms in total. The average molecular weight is 321 g/mol. The van der Waals surface area contributed by atoms with Crippen molar-refractivity contribution in [3.05, 3.63) is 53.9 Å². The zero-order chi connectivity index (χ0) is 13.7. The number of aromatic nitrogens is 1. The van der Waals surface area contributed by atoms with E-state index in [9.17, 15) is 9.90 Å². The minimum absolute atomic E-state index is 0.129. The fraction of sp³-hybridized carbons (Fsp3) is 0.143. The number of benzene rings is 1. The highest BCUT2D eigenvalue weighted by Gasteiger charge is 2.10. The number of rotatable bonds is 4. The van der Waals surface area contributed by atoms with Crippen LogP contribution in [0.3, 0.4) is 0 Å². The fourth-order valence-electron chi connectivity index (χ4n) is 1.64. The molecule has 2 aromatic rings. The smallest absolute Gasteiger partial charge is 0.259 e. The Morgan fingerprint density at radius 3 is 2.63 bits per heavy atom. The highest BCUT2D eigenvalue weighted by Crippen LogP contribution is 2.17. The minimum Gasteiger partial charge on any atom is -0.505 e. The van der Waals surface area contributed by atoms with Gasteiger partial charge in [-0.25, -0.2) is 0 Å². The lowest BCUT2D eigenvalue weighted by Crippen LogP contribution is -2.12. The van der Waals surface area contributed by atoms with E-state index in [0.717, 1.165) is 11.8 Å². The number of aromatic hydroxyl groups is 1. The molecule has 0 atom stereocenters. The van der Waals surface area contributed by atoms with E-state index in [4.69, 9.17) is 0 Å². The van der Waals surface area contributed by atoms with Crippen LogP contribution in [-0.4, -0.2) is 21.3 Å². The SMILES string of the molecule is O=C(Nc1ccc(CCBr)cc1)c1ccncc1O. The minimum atomic E-state index is -0.354. The van der Waals surface area contributed by atoms with Crippen LogP contribution < -0.4 is 5.32 Å². The van der Waals surface area contributed by atoms with Gasteiger partial charge < -0.3 is 10.4 Å². The van der Waals surface area contributed by atoms with Crippen molar-refractivity contribution >= 4 is 27.5 Å². The molecular weight excluding hydrogens is 308 g/mol. The molecule has 0 saturated carbocycles. The molecule has 0 spiro atoms. The number of hydrogen-bond donors (Lipinski definition) is 2. The van der Waals surface area contributed by atoms with E-state index in [1.165, 1.54) is 24.0 Å². The summed E-state index contributed by atoms with van der Waals surface area (Å²) in [5.74, 6) is -0.482. The number of carbonyl (C=O) groups is 1. The number of amides is 1. The quantitative estimate of drug-likeness (QED) is 0.851. The van der Waals surface area contributed by atoms with Gasteiger partial charge in [0.15, 0.2) is 0 Å². The first kappa shape index (κ1) is 13.5. The van der Waals surface area contributed by atoms with Gasteiger partial charge in [-0.05, 0) is 30.2 Å². The molecule has 1 heterocycles. The summed E-state index contributed by atoms with van der Waals surface area (Å²) in [6.07, 6.45) is 3.65. The maximum atomic E-state index is 11.9. The zero-order valence-corrected chi connectivity index (χ0v) is 11.7. The zero-order valence-electron chi connectivity index (χ0n) is 10.1. The van der Waals surface area contributed by atoms with Gasteiger partial charge in [-0.2, -0.15) is 0 Å². The summed E-state index contributed by atoms with van der Waals surface area (Å²) in [5, 5.41) is 13.2. The van der Waals surface area contributed by atoms with Crippen molar-refractivity contribution in [3.8, 4) is 5.75 Å². The van der Waals surface area contributed by atoms with Crippen molar-refractivity contribution < 1.29 is 9.90 Å². The molecule has 0 saturated heterocycles. The Balaban J connectivity index is 2.09. The lowest BCUT2D eigenvalue weighted by atomic mass is 10.1. The predicted molar refractivity (Wildman–Crippen MR) is 77.8 cm³/mol. The van der Waals surface area contributed by atoms with Crippen LogP contribution in [0.2, 0.25) is 0 Å². The first-order valence-electron chi connectivity index (χ1n) is 5.80. The Morgan fingerprint density at radius 2 is 2.00 bits per heavy atom. The molecule has 98 valence electrons. The van der Waals surface area contributed by atoms with Crippen LogP contribution in [0.25, 0.3) is 0 Å². The molecular formula is C14H13BrN2O2. The van der Waals surface area contributed by atoms with Gasteiger partial charge in [-0.3, -0.25) is 9.78 Å². The first-order chi connectivity index (χ1) is 9.20. The van der Waals surface area contributed by atoms with Crippen molar-refractivity contribution in [2.75, 3.05) is 10.6 Å². The number of carbonyl (C=O) groups excluding carboxylic acids is 1. The maximum absolute atomic E-state index is 11.9. The van der Waals surface area contributed by atoms with Crippen LogP contribution in [0.4, 0.5) is 5.69 Å². The van der Waals surface area contributed by atoms with Gasteiger partial charge in [0.05, 0.1) is 11.8 Å². The van der Waals surface area contributed by atoms with E-state index in [-0.39, 0.29) is 17.2 Å². The monoisotopic (exact) mass is 320 g/mol. The molecule has 0 fully saturated rings. The van der Waals surface area contributed by atoms with Crippen molar-refractivity contribution in [3.63, 3.8) is 0 Å². The van der Waals surface area contributed by atoms with Crippen LogP contribution in [0.5, 0.6) is 5.75 Å². The molecule has 0 aliphatic heterocycles. The third-order valence-electron chi connectivity index (χ3n) is 2.64. The summed E-state index contributed by atoms with van der Waals surface area (Å²) in [5.41, 5.74) is 2.10. The average Bonchev–Trinajstić information content (AvgIpc) is 2.42. The third-order valence-corrected chi connectivity index (χ3v) is 3.04. The second-order valence-electron chi connectivity index (χ2n) is 3.98. The topological polar surface area (TPSA) is 62.2 Å². The third kappa shape index (κ3) is 3.54. The molecule has 2 rings (SSSR count). The summed E-state index contributed by atoms with van der Waals surface area (Å²) in [6, 6.07) is 9.08. The second kappa shape index (κ2) is 6.33. The Morgan fingerprint density at radius 1 is 1.26 bits per heavy atom. The number of hydrogen-bond acceptors (Lipinski definition) is 3. The molecule has 0 aliphatic carbocycles. The van der Waals surface area contributed by atoms with Crippen LogP contribution in [-0.2, 0) is 6.42 Å². The number of nitrogens with one attached hydrogen (secondary N) is 1. The van der Waals surface area contributed by atoms with E-state index in [0.29, 0.717) is 5.69 Å². The fourth-order valence-corrected chi connectivity index (χ4v) is 2.10. The highest BCUT2D eigenvalue weighted by atomic mass is 79.9. The number of halogens is 1. The summed E-state index contributed by atoms with van der Waals surface area (Å²) in [4.78, 5) is 15.7.